The molecule has 2 unspecified atom stereocenters. The van der Waals surface area contributed by atoms with E-state index in [-0.39, 0.29) is 18.0 Å². The average Bonchev–Trinajstić information content (AvgIpc) is 2.38. The third kappa shape index (κ3) is 4.58. The summed E-state index contributed by atoms with van der Waals surface area (Å²) >= 11 is 0. The number of nitrogens with one attached hydrogen (secondary N) is 2. The van der Waals surface area contributed by atoms with Crippen LogP contribution in [0.15, 0.2) is 29.2 Å². The van der Waals surface area contributed by atoms with Gasteiger partial charge in [0.15, 0.2) is 0 Å². The molecule has 0 heterocycles. The number of hydrogen-bond acceptors (Lipinski definition) is 3. The summed E-state index contributed by atoms with van der Waals surface area (Å²) in [6.45, 7) is 10.8. The second kappa shape index (κ2) is 7.20. The highest BCUT2D eigenvalue weighted by Crippen LogP contribution is 2.18. The van der Waals surface area contributed by atoms with Gasteiger partial charge in [0.2, 0.25) is 10.0 Å². The van der Waals surface area contributed by atoms with Gasteiger partial charge in [-0.05, 0) is 44.0 Å². The monoisotopic (exact) mass is 298 g/mol. The summed E-state index contributed by atoms with van der Waals surface area (Å²) in [5.74, 6) is 0.258. The van der Waals surface area contributed by atoms with Gasteiger partial charge in [-0.3, -0.25) is 0 Å². The van der Waals surface area contributed by atoms with Gasteiger partial charge in [0.25, 0.3) is 0 Å². The fourth-order valence-electron chi connectivity index (χ4n) is 1.82. The van der Waals surface area contributed by atoms with Gasteiger partial charge in [0.1, 0.15) is 0 Å². The standard InChI is InChI=1S/C15H26N2O2S/c1-6-16-13(5)14-8-7-9-15(10-14)20(18,19)17-12(4)11(2)3/h7-13,16-17H,6H2,1-5H3. The van der Waals surface area contributed by atoms with Crippen molar-refractivity contribution in [3.05, 3.63) is 29.8 Å². The van der Waals surface area contributed by atoms with Crippen LogP contribution in [0.1, 0.15) is 46.2 Å². The van der Waals surface area contributed by atoms with Crippen molar-refractivity contribution in [3.63, 3.8) is 0 Å². The zero-order valence-electron chi connectivity index (χ0n) is 13.0. The first-order valence-electron chi connectivity index (χ1n) is 7.13. The van der Waals surface area contributed by atoms with Crippen LogP contribution >= 0.6 is 0 Å². The Morgan fingerprint density at radius 1 is 1.15 bits per heavy atom. The second-order valence-corrected chi connectivity index (χ2v) is 7.22. The Balaban J connectivity index is 2.98. The minimum Gasteiger partial charge on any atom is -0.310 e. The molecule has 0 aromatic heterocycles. The predicted molar refractivity (Wildman–Crippen MR) is 83.2 cm³/mol. The highest BCUT2D eigenvalue weighted by atomic mass is 32.2. The lowest BCUT2D eigenvalue weighted by atomic mass is 10.1. The Morgan fingerprint density at radius 3 is 2.35 bits per heavy atom. The normalized spacial score (nSPS) is 15.3. The van der Waals surface area contributed by atoms with Gasteiger partial charge in [0, 0.05) is 12.1 Å². The Labute approximate surface area is 123 Å². The van der Waals surface area contributed by atoms with Gasteiger partial charge < -0.3 is 5.32 Å². The summed E-state index contributed by atoms with van der Waals surface area (Å²) in [6.07, 6.45) is 0. The molecule has 1 aromatic rings. The number of benzene rings is 1. The molecule has 114 valence electrons. The minimum atomic E-state index is -3.45. The molecule has 2 N–H and O–H groups in total. The second-order valence-electron chi connectivity index (χ2n) is 5.51. The molecule has 20 heavy (non-hydrogen) atoms. The van der Waals surface area contributed by atoms with E-state index in [1.54, 1.807) is 18.2 Å². The fourth-order valence-corrected chi connectivity index (χ4v) is 3.27. The molecule has 0 bridgehead atoms. The first kappa shape index (κ1) is 17.1. The molecular formula is C15H26N2O2S. The number of hydrogen-bond donors (Lipinski definition) is 2. The molecule has 4 nitrogen and oxygen atoms in total. The van der Waals surface area contributed by atoms with Crippen LogP contribution in [0.2, 0.25) is 0 Å². The van der Waals surface area contributed by atoms with Crippen LogP contribution in [0.25, 0.3) is 0 Å². The summed E-state index contributed by atoms with van der Waals surface area (Å²) in [7, 11) is -3.45. The van der Waals surface area contributed by atoms with Crippen molar-refractivity contribution in [2.24, 2.45) is 5.92 Å². The van der Waals surface area contributed by atoms with Crippen LogP contribution in [0, 0.1) is 5.92 Å². The Hall–Kier alpha value is -0.910. The van der Waals surface area contributed by atoms with E-state index < -0.39 is 10.0 Å². The Morgan fingerprint density at radius 2 is 1.80 bits per heavy atom. The van der Waals surface area contributed by atoms with E-state index in [9.17, 15) is 8.42 Å². The first-order valence-corrected chi connectivity index (χ1v) is 8.62. The predicted octanol–water partition coefficient (Wildman–Crippen LogP) is 2.68. The van der Waals surface area contributed by atoms with Crippen molar-refractivity contribution in [1.82, 2.24) is 10.0 Å². The number of sulfonamides is 1. The van der Waals surface area contributed by atoms with E-state index in [0.29, 0.717) is 4.90 Å². The summed E-state index contributed by atoms with van der Waals surface area (Å²) < 4.78 is 27.4. The third-order valence-corrected chi connectivity index (χ3v) is 5.08. The van der Waals surface area contributed by atoms with Gasteiger partial charge in [-0.1, -0.05) is 32.9 Å². The van der Waals surface area contributed by atoms with Gasteiger partial charge in [0.05, 0.1) is 4.90 Å². The molecule has 2 atom stereocenters. The first-order chi connectivity index (χ1) is 9.27. The maximum Gasteiger partial charge on any atom is 0.240 e. The fraction of sp³-hybridized carbons (Fsp3) is 0.600. The highest BCUT2D eigenvalue weighted by Gasteiger charge is 2.20. The van der Waals surface area contributed by atoms with Gasteiger partial charge in [-0.2, -0.15) is 0 Å². The number of rotatable bonds is 7. The maximum absolute atomic E-state index is 12.3. The van der Waals surface area contributed by atoms with E-state index >= 15 is 0 Å². The Kier molecular flexibility index (Phi) is 6.17. The molecule has 5 heteroatoms. The molecule has 0 amide bonds. The van der Waals surface area contributed by atoms with E-state index in [4.69, 9.17) is 0 Å². The van der Waals surface area contributed by atoms with Crippen molar-refractivity contribution in [1.29, 1.82) is 0 Å². The topological polar surface area (TPSA) is 58.2 Å². The maximum atomic E-state index is 12.3. The van der Waals surface area contributed by atoms with Gasteiger partial charge >= 0.3 is 0 Å². The molecule has 0 saturated heterocycles. The quantitative estimate of drug-likeness (QED) is 0.813. The van der Waals surface area contributed by atoms with Crippen molar-refractivity contribution in [3.8, 4) is 0 Å². The van der Waals surface area contributed by atoms with Crippen LogP contribution < -0.4 is 10.0 Å². The molecule has 0 aliphatic heterocycles. The van der Waals surface area contributed by atoms with E-state index in [2.05, 4.69) is 10.0 Å². The van der Waals surface area contributed by atoms with Crippen LogP contribution in [0.3, 0.4) is 0 Å². The molecular weight excluding hydrogens is 272 g/mol. The van der Waals surface area contributed by atoms with E-state index in [1.807, 2.05) is 40.7 Å². The SMILES string of the molecule is CCNC(C)c1cccc(S(=O)(=O)NC(C)C(C)C)c1. The third-order valence-electron chi connectivity index (χ3n) is 3.52. The van der Waals surface area contributed by atoms with Crippen LogP contribution in [-0.4, -0.2) is 21.0 Å². The lowest BCUT2D eigenvalue weighted by Crippen LogP contribution is -2.36. The van der Waals surface area contributed by atoms with Crippen molar-refractivity contribution < 1.29 is 8.42 Å². The molecule has 0 saturated carbocycles. The van der Waals surface area contributed by atoms with Crippen LogP contribution in [0.4, 0.5) is 0 Å². The summed E-state index contributed by atoms with van der Waals surface area (Å²) in [5, 5.41) is 3.28. The molecule has 1 aromatic carbocycles. The summed E-state index contributed by atoms with van der Waals surface area (Å²) in [6, 6.07) is 7.16. The van der Waals surface area contributed by atoms with Crippen LogP contribution in [0.5, 0.6) is 0 Å². The highest BCUT2D eigenvalue weighted by molar-refractivity contribution is 7.89. The summed E-state index contributed by atoms with van der Waals surface area (Å²) in [5.41, 5.74) is 0.979. The molecule has 0 radical (unpaired) electrons. The van der Waals surface area contributed by atoms with Crippen molar-refractivity contribution >= 4 is 10.0 Å². The summed E-state index contributed by atoms with van der Waals surface area (Å²) in [4.78, 5) is 0.326. The van der Waals surface area contributed by atoms with Gasteiger partial charge in [-0.15, -0.1) is 0 Å². The van der Waals surface area contributed by atoms with Crippen LogP contribution in [-0.2, 0) is 10.0 Å². The van der Waals surface area contributed by atoms with Gasteiger partial charge in [-0.25, -0.2) is 13.1 Å². The zero-order chi connectivity index (χ0) is 15.3. The van der Waals surface area contributed by atoms with Crippen molar-refractivity contribution in [2.45, 2.75) is 51.6 Å². The smallest absolute Gasteiger partial charge is 0.240 e. The average molecular weight is 298 g/mol. The van der Waals surface area contributed by atoms with E-state index in [0.717, 1.165) is 12.1 Å². The molecule has 0 spiro atoms. The molecule has 1 rings (SSSR count). The zero-order valence-corrected chi connectivity index (χ0v) is 13.8. The molecule has 0 fully saturated rings. The van der Waals surface area contributed by atoms with E-state index in [1.165, 1.54) is 0 Å². The Bertz CT molecular complexity index is 526. The molecule has 0 aliphatic rings. The van der Waals surface area contributed by atoms with Crippen molar-refractivity contribution in [2.75, 3.05) is 6.54 Å². The largest absolute Gasteiger partial charge is 0.310 e. The molecule has 0 aliphatic carbocycles. The lowest BCUT2D eigenvalue weighted by molar-refractivity contribution is 0.476. The lowest BCUT2D eigenvalue weighted by Gasteiger charge is -2.18. The minimum absolute atomic E-state index is 0.0881.